The molecule has 170 valence electrons. The quantitative estimate of drug-likeness (QED) is 0.340. The van der Waals surface area contributed by atoms with Crippen LogP contribution in [0.4, 0.5) is 0 Å². The van der Waals surface area contributed by atoms with E-state index >= 15 is 0 Å². The molecule has 1 fully saturated rings. The summed E-state index contributed by atoms with van der Waals surface area (Å²) in [6.45, 7) is 6.18. The van der Waals surface area contributed by atoms with Gasteiger partial charge in [-0.25, -0.2) is 0 Å². The SMILES string of the molecule is CCN(CC)C(=O)Cn1cc(/C=C2\SC(=S)N(CCc3ccccc3)C2=O)c2ccccc21. The van der Waals surface area contributed by atoms with Crippen molar-refractivity contribution in [3.63, 3.8) is 0 Å². The van der Waals surface area contributed by atoms with Gasteiger partial charge in [0.05, 0.1) is 4.91 Å². The second kappa shape index (κ2) is 10.4. The lowest BCUT2D eigenvalue weighted by molar-refractivity contribution is -0.131. The minimum Gasteiger partial charge on any atom is -0.342 e. The first-order valence-corrected chi connectivity index (χ1v) is 12.4. The molecular weight excluding hydrogens is 450 g/mol. The molecule has 5 nitrogen and oxygen atoms in total. The van der Waals surface area contributed by atoms with Crippen LogP contribution in [-0.4, -0.2) is 50.1 Å². The zero-order valence-electron chi connectivity index (χ0n) is 18.9. The molecule has 0 saturated carbocycles. The van der Waals surface area contributed by atoms with Crippen molar-refractivity contribution in [2.24, 2.45) is 0 Å². The lowest BCUT2D eigenvalue weighted by atomic mass is 10.1. The van der Waals surface area contributed by atoms with Crippen LogP contribution in [0.25, 0.3) is 17.0 Å². The van der Waals surface area contributed by atoms with Crippen LogP contribution in [0.1, 0.15) is 25.0 Å². The molecule has 1 aliphatic rings. The number of thiocarbonyl (C=S) groups is 1. The third-order valence-corrected chi connectivity index (χ3v) is 7.25. The predicted octanol–water partition coefficient (Wildman–Crippen LogP) is 4.95. The highest BCUT2D eigenvalue weighted by Gasteiger charge is 2.32. The van der Waals surface area contributed by atoms with Crippen molar-refractivity contribution in [3.05, 3.63) is 76.8 Å². The Morgan fingerprint density at radius 3 is 2.48 bits per heavy atom. The number of fused-ring (bicyclic) bond motifs is 1. The van der Waals surface area contributed by atoms with Crippen LogP contribution < -0.4 is 0 Å². The minimum atomic E-state index is -0.0584. The van der Waals surface area contributed by atoms with E-state index in [1.807, 2.05) is 78.1 Å². The number of amides is 2. The Bertz CT molecular complexity index is 1210. The van der Waals surface area contributed by atoms with Crippen LogP contribution >= 0.6 is 24.0 Å². The zero-order valence-corrected chi connectivity index (χ0v) is 20.5. The van der Waals surface area contributed by atoms with E-state index < -0.39 is 0 Å². The molecule has 0 aliphatic carbocycles. The Labute approximate surface area is 204 Å². The number of rotatable bonds is 8. The van der Waals surface area contributed by atoms with Crippen LogP contribution in [0, 0.1) is 0 Å². The minimum absolute atomic E-state index is 0.0584. The molecule has 2 aromatic carbocycles. The first-order chi connectivity index (χ1) is 16.0. The van der Waals surface area contributed by atoms with E-state index in [9.17, 15) is 9.59 Å². The highest BCUT2D eigenvalue weighted by Crippen LogP contribution is 2.34. The van der Waals surface area contributed by atoms with E-state index in [4.69, 9.17) is 12.2 Å². The summed E-state index contributed by atoms with van der Waals surface area (Å²) < 4.78 is 2.56. The number of nitrogens with zero attached hydrogens (tertiary/aromatic N) is 3. The fourth-order valence-corrected chi connectivity index (χ4v) is 5.36. The van der Waals surface area contributed by atoms with Crippen molar-refractivity contribution in [2.45, 2.75) is 26.8 Å². The monoisotopic (exact) mass is 477 g/mol. The third kappa shape index (κ3) is 5.04. The predicted molar refractivity (Wildman–Crippen MR) is 140 cm³/mol. The van der Waals surface area contributed by atoms with Gasteiger partial charge in [0.2, 0.25) is 5.91 Å². The molecule has 0 atom stereocenters. The summed E-state index contributed by atoms with van der Waals surface area (Å²) in [6, 6.07) is 18.1. The number of para-hydroxylation sites is 1. The Kier molecular flexibility index (Phi) is 7.30. The fourth-order valence-electron chi connectivity index (χ4n) is 4.06. The summed E-state index contributed by atoms with van der Waals surface area (Å²) in [6.07, 6.45) is 4.62. The average Bonchev–Trinajstić information content (AvgIpc) is 3.30. The van der Waals surface area contributed by atoms with E-state index in [0.29, 0.717) is 28.9 Å². The van der Waals surface area contributed by atoms with E-state index in [1.165, 1.54) is 17.3 Å². The van der Waals surface area contributed by atoms with Gasteiger partial charge in [0.25, 0.3) is 5.91 Å². The number of thioether (sulfide) groups is 1. The van der Waals surface area contributed by atoms with Crippen LogP contribution in [0.3, 0.4) is 0 Å². The molecule has 2 heterocycles. The fraction of sp³-hybridized carbons (Fsp3) is 0.269. The van der Waals surface area contributed by atoms with Crippen molar-refractivity contribution in [2.75, 3.05) is 19.6 Å². The lowest BCUT2D eigenvalue weighted by Crippen LogP contribution is -2.33. The molecule has 0 spiro atoms. The van der Waals surface area contributed by atoms with Gasteiger partial charge in [0.15, 0.2) is 0 Å². The van der Waals surface area contributed by atoms with Gasteiger partial charge in [-0.3, -0.25) is 14.5 Å². The van der Waals surface area contributed by atoms with Crippen molar-refractivity contribution >= 4 is 57.1 Å². The van der Waals surface area contributed by atoms with Gasteiger partial charge in [-0.2, -0.15) is 0 Å². The standard InChI is InChI=1S/C26H27N3O2S2/c1-3-27(4-2)24(30)18-28-17-20(21-12-8-9-13-22(21)28)16-23-25(31)29(26(32)33-23)15-14-19-10-6-5-7-11-19/h5-13,16-17H,3-4,14-15,18H2,1-2H3/b23-16-. The van der Waals surface area contributed by atoms with E-state index in [1.54, 1.807) is 4.90 Å². The van der Waals surface area contributed by atoms with Crippen molar-refractivity contribution in [1.29, 1.82) is 0 Å². The Balaban J connectivity index is 1.58. The van der Waals surface area contributed by atoms with Crippen molar-refractivity contribution in [1.82, 2.24) is 14.4 Å². The van der Waals surface area contributed by atoms with E-state index in [2.05, 4.69) is 12.1 Å². The van der Waals surface area contributed by atoms with Gasteiger partial charge in [-0.1, -0.05) is 72.5 Å². The molecule has 1 saturated heterocycles. The van der Waals surface area contributed by atoms with Crippen LogP contribution in [0.15, 0.2) is 65.7 Å². The molecule has 2 amide bonds. The molecular formula is C26H27N3O2S2. The largest absolute Gasteiger partial charge is 0.342 e. The summed E-state index contributed by atoms with van der Waals surface area (Å²) in [7, 11) is 0. The highest BCUT2D eigenvalue weighted by atomic mass is 32.2. The molecule has 33 heavy (non-hydrogen) atoms. The smallest absolute Gasteiger partial charge is 0.266 e. The molecule has 0 unspecified atom stereocenters. The molecule has 0 N–H and O–H groups in total. The number of hydrogen-bond donors (Lipinski definition) is 0. The van der Waals surface area contributed by atoms with E-state index in [0.717, 1.165) is 22.9 Å². The van der Waals surface area contributed by atoms with Crippen molar-refractivity contribution < 1.29 is 9.59 Å². The first-order valence-electron chi connectivity index (χ1n) is 11.2. The van der Waals surface area contributed by atoms with Gasteiger partial charge >= 0.3 is 0 Å². The van der Waals surface area contributed by atoms with Crippen LogP contribution in [0.2, 0.25) is 0 Å². The second-order valence-electron chi connectivity index (χ2n) is 7.86. The molecule has 4 rings (SSSR count). The molecule has 7 heteroatoms. The van der Waals surface area contributed by atoms with Crippen LogP contribution in [0.5, 0.6) is 0 Å². The molecule has 0 radical (unpaired) electrons. The number of carbonyl (C=O) groups is 2. The van der Waals surface area contributed by atoms with Gasteiger partial charge in [0, 0.05) is 42.3 Å². The highest BCUT2D eigenvalue weighted by molar-refractivity contribution is 8.26. The zero-order chi connectivity index (χ0) is 23.4. The molecule has 1 aliphatic heterocycles. The van der Waals surface area contributed by atoms with E-state index in [-0.39, 0.29) is 18.4 Å². The van der Waals surface area contributed by atoms with Gasteiger partial charge in [0.1, 0.15) is 10.9 Å². The van der Waals surface area contributed by atoms with Gasteiger partial charge in [-0.15, -0.1) is 0 Å². The maximum Gasteiger partial charge on any atom is 0.266 e. The third-order valence-electron chi connectivity index (χ3n) is 5.87. The summed E-state index contributed by atoms with van der Waals surface area (Å²) in [5, 5.41) is 1.01. The number of aromatic nitrogens is 1. The Morgan fingerprint density at radius 2 is 1.76 bits per heavy atom. The lowest BCUT2D eigenvalue weighted by Gasteiger charge is -2.19. The molecule has 1 aromatic heterocycles. The van der Waals surface area contributed by atoms with Crippen LogP contribution in [-0.2, 0) is 22.6 Å². The normalized spacial score (nSPS) is 15.1. The Morgan fingerprint density at radius 1 is 1.06 bits per heavy atom. The number of carbonyl (C=O) groups excluding carboxylic acids is 2. The Hall–Kier alpha value is -2.90. The first kappa shape index (κ1) is 23.3. The molecule has 0 bridgehead atoms. The summed E-state index contributed by atoms with van der Waals surface area (Å²) in [4.78, 5) is 29.9. The van der Waals surface area contributed by atoms with Crippen molar-refractivity contribution in [3.8, 4) is 0 Å². The number of likely N-dealkylation sites (N-methyl/N-ethyl adjacent to an activating group) is 1. The summed E-state index contributed by atoms with van der Waals surface area (Å²) in [5.74, 6) is 0.0246. The van der Waals surface area contributed by atoms with Gasteiger partial charge < -0.3 is 9.47 Å². The van der Waals surface area contributed by atoms with Gasteiger partial charge in [-0.05, 0) is 38.0 Å². The number of benzene rings is 2. The topological polar surface area (TPSA) is 45.6 Å². The maximum absolute atomic E-state index is 13.1. The maximum atomic E-state index is 13.1. The average molecular weight is 478 g/mol. The number of hydrogen-bond acceptors (Lipinski definition) is 4. The summed E-state index contributed by atoms with van der Waals surface area (Å²) >= 11 is 6.85. The second-order valence-corrected chi connectivity index (χ2v) is 9.54. The summed E-state index contributed by atoms with van der Waals surface area (Å²) in [5.41, 5.74) is 3.07. The molecule has 3 aromatic rings.